The first kappa shape index (κ1) is 16.9. The summed E-state index contributed by atoms with van der Waals surface area (Å²) in [6, 6.07) is 2.27. The van der Waals surface area contributed by atoms with Gasteiger partial charge in [-0.2, -0.15) is 5.26 Å². The Morgan fingerprint density at radius 1 is 1.27 bits per heavy atom. The number of aryl methyl sites for hydroxylation is 1. The monoisotopic (exact) mass is 368 g/mol. The topological polar surface area (TPSA) is 85.2 Å². The van der Waals surface area contributed by atoms with Crippen LogP contribution in [0.4, 0.5) is 10.8 Å². The van der Waals surface area contributed by atoms with E-state index in [0.717, 1.165) is 61.8 Å². The highest BCUT2D eigenvalue weighted by Crippen LogP contribution is 2.38. The molecular formula is C18H20N6OS. The molecule has 0 atom stereocenters. The third-order valence-electron chi connectivity index (χ3n) is 4.90. The van der Waals surface area contributed by atoms with Gasteiger partial charge in [0, 0.05) is 43.4 Å². The average Bonchev–Trinajstić information content (AvgIpc) is 3.23. The van der Waals surface area contributed by atoms with Gasteiger partial charge in [0.25, 0.3) is 0 Å². The maximum absolute atomic E-state index is 12.4. The number of carbonyl (C=O) groups excluding carboxylic acids is 1. The SMILES string of the molecule is N#Cc1c(NC(=O)CN2CCN(c3cnccn3)CC2)sc2c1CCC2. The molecule has 7 nitrogen and oxygen atoms in total. The number of nitrogens with one attached hydrogen (secondary N) is 1. The molecule has 2 aromatic heterocycles. The number of hydrogen-bond donors (Lipinski definition) is 1. The van der Waals surface area contributed by atoms with Crippen molar-refractivity contribution in [2.24, 2.45) is 0 Å². The number of hydrogen-bond acceptors (Lipinski definition) is 7. The van der Waals surface area contributed by atoms with Crippen molar-refractivity contribution in [3.63, 3.8) is 0 Å². The van der Waals surface area contributed by atoms with Gasteiger partial charge >= 0.3 is 0 Å². The number of anilines is 2. The molecule has 0 aromatic carbocycles. The molecule has 0 unspecified atom stereocenters. The van der Waals surface area contributed by atoms with E-state index in [1.807, 2.05) is 0 Å². The molecule has 1 aliphatic heterocycles. The Hall–Kier alpha value is -2.50. The molecule has 2 aliphatic rings. The number of thiophene rings is 1. The normalized spacial score (nSPS) is 17.0. The number of piperazine rings is 1. The Morgan fingerprint density at radius 3 is 2.85 bits per heavy atom. The molecule has 0 saturated carbocycles. The van der Waals surface area contributed by atoms with Crippen LogP contribution in [0.3, 0.4) is 0 Å². The van der Waals surface area contributed by atoms with Crippen molar-refractivity contribution < 1.29 is 4.79 Å². The van der Waals surface area contributed by atoms with Gasteiger partial charge < -0.3 is 10.2 Å². The van der Waals surface area contributed by atoms with E-state index >= 15 is 0 Å². The maximum atomic E-state index is 12.4. The van der Waals surface area contributed by atoms with Crippen LogP contribution < -0.4 is 10.2 Å². The second-order valence-corrected chi connectivity index (χ2v) is 7.65. The van der Waals surface area contributed by atoms with Gasteiger partial charge in [-0.3, -0.25) is 14.7 Å². The molecule has 1 N–H and O–H groups in total. The summed E-state index contributed by atoms with van der Waals surface area (Å²) in [7, 11) is 0. The molecule has 0 bridgehead atoms. The van der Waals surface area contributed by atoms with Crippen LogP contribution >= 0.6 is 11.3 Å². The minimum absolute atomic E-state index is 0.0469. The molecule has 0 spiro atoms. The molecule has 134 valence electrons. The molecule has 2 aromatic rings. The van der Waals surface area contributed by atoms with Crippen molar-refractivity contribution in [3.05, 3.63) is 34.6 Å². The molecule has 1 fully saturated rings. The third-order valence-corrected chi connectivity index (χ3v) is 6.11. The highest BCUT2D eigenvalue weighted by atomic mass is 32.1. The summed E-state index contributed by atoms with van der Waals surface area (Å²) in [5.74, 6) is 0.831. The fourth-order valence-electron chi connectivity index (χ4n) is 3.57. The molecular weight excluding hydrogens is 348 g/mol. The molecule has 0 radical (unpaired) electrons. The lowest BCUT2D eigenvalue weighted by atomic mass is 10.1. The first-order chi connectivity index (χ1) is 12.7. The summed E-state index contributed by atoms with van der Waals surface area (Å²) in [4.78, 5) is 26.4. The van der Waals surface area contributed by atoms with Gasteiger partial charge in [-0.1, -0.05) is 0 Å². The van der Waals surface area contributed by atoms with Crippen LogP contribution in [-0.2, 0) is 17.6 Å². The summed E-state index contributed by atoms with van der Waals surface area (Å²) in [6.45, 7) is 3.60. The zero-order valence-electron chi connectivity index (χ0n) is 14.4. The Balaban J connectivity index is 1.32. The van der Waals surface area contributed by atoms with E-state index in [-0.39, 0.29) is 5.91 Å². The predicted octanol–water partition coefficient (Wildman–Crippen LogP) is 1.66. The van der Waals surface area contributed by atoms with Crippen LogP contribution in [0.5, 0.6) is 0 Å². The summed E-state index contributed by atoms with van der Waals surface area (Å²) < 4.78 is 0. The van der Waals surface area contributed by atoms with Gasteiger partial charge in [0.2, 0.25) is 5.91 Å². The van der Waals surface area contributed by atoms with Crippen LogP contribution in [0.1, 0.15) is 22.4 Å². The lowest BCUT2D eigenvalue weighted by molar-refractivity contribution is -0.117. The quantitative estimate of drug-likeness (QED) is 0.883. The fraction of sp³-hybridized carbons (Fsp3) is 0.444. The minimum Gasteiger partial charge on any atom is -0.353 e. The highest BCUT2D eigenvalue weighted by Gasteiger charge is 2.24. The largest absolute Gasteiger partial charge is 0.353 e. The zero-order valence-corrected chi connectivity index (χ0v) is 15.3. The van der Waals surface area contributed by atoms with Gasteiger partial charge in [0.15, 0.2) is 0 Å². The van der Waals surface area contributed by atoms with E-state index < -0.39 is 0 Å². The summed E-state index contributed by atoms with van der Waals surface area (Å²) in [5, 5.41) is 13.1. The van der Waals surface area contributed by atoms with E-state index in [4.69, 9.17) is 0 Å². The number of fused-ring (bicyclic) bond motifs is 1. The van der Waals surface area contributed by atoms with E-state index in [2.05, 4.69) is 31.2 Å². The van der Waals surface area contributed by atoms with Gasteiger partial charge in [0.05, 0.1) is 18.3 Å². The third kappa shape index (κ3) is 3.41. The van der Waals surface area contributed by atoms with Crippen LogP contribution in [0.15, 0.2) is 18.6 Å². The maximum Gasteiger partial charge on any atom is 0.239 e. The molecule has 26 heavy (non-hydrogen) atoms. The number of rotatable bonds is 4. The summed E-state index contributed by atoms with van der Waals surface area (Å²) >= 11 is 1.56. The summed E-state index contributed by atoms with van der Waals surface area (Å²) in [5.41, 5.74) is 1.81. The molecule has 1 aliphatic carbocycles. The number of nitrogens with zero attached hydrogens (tertiary/aromatic N) is 5. The van der Waals surface area contributed by atoms with Gasteiger partial charge in [-0.25, -0.2) is 4.98 Å². The molecule has 1 saturated heterocycles. The van der Waals surface area contributed by atoms with E-state index in [0.29, 0.717) is 12.1 Å². The smallest absolute Gasteiger partial charge is 0.239 e. The van der Waals surface area contributed by atoms with Crippen molar-refractivity contribution in [3.8, 4) is 6.07 Å². The van der Waals surface area contributed by atoms with Crippen molar-refractivity contribution in [2.75, 3.05) is 42.9 Å². The first-order valence-electron chi connectivity index (χ1n) is 8.82. The highest BCUT2D eigenvalue weighted by molar-refractivity contribution is 7.16. The lowest BCUT2D eigenvalue weighted by Crippen LogP contribution is -2.48. The Kier molecular flexibility index (Phi) is 4.82. The first-order valence-corrected chi connectivity index (χ1v) is 9.64. The second-order valence-electron chi connectivity index (χ2n) is 6.55. The standard InChI is InChI=1S/C18H20N6OS/c19-10-14-13-2-1-3-15(13)26-18(14)22-17(25)12-23-6-8-24(9-7-23)16-11-20-4-5-21-16/h4-5,11H,1-3,6-9,12H2,(H,22,25). The van der Waals surface area contributed by atoms with Crippen molar-refractivity contribution in [1.82, 2.24) is 14.9 Å². The number of carbonyl (C=O) groups is 1. The lowest BCUT2D eigenvalue weighted by Gasteiger charge is -2.34. The molecule has 8 heteroatoms. The number of amides is 1. The van der Waals surface area contributed by atoms with Crippen LogP contribution in [0.2, 0.25) is 0 Å². The number of aromatic nitrogens is 2. The Bertz CT molecular complexity index is 835. The van der Waals surface area contributed by atoms with E-state index in [1.54, 1.807) is 29.9 Å². The van der Waals surface area contributed by atoms with Crippen LogP contribution in [-0.4, -0.2) is 53.5 Å². The molecule has 1 amide bonds. The second kappa shape index (κ2) is 7.40. The zero-order chi connectivity index (χ0) is 17.9. The van der Waals surface area contributed by atoms with Crippen molar-refractivity contribution in [1.29, 1.82) is 5.26 Å². The van der Waals surface area contributed by atoms with Gasteiger partial charge in [-0.15, -0.1) is 11.3 Å². The Labute approximate surface area is 156 Å². The van der Waals surface area contributed by atoms with Crippen molar-refractivity contribution >= 4 is 28.1 Å². The molecule has 3 heterocycles. The van der Waals surface area contributed by atoms with Gasteiger partial charge in [0.1, 0.15) is 16.9 Å². The van der Waals surface area contributed by atoms with Crippen molar-refractivity contribution in [2.45, 2.75) is 19.3 Å². The van der Waals surface area contributed by atoms with E-state index in [1.165, 1.54) is 4.88 Å². The van der Waals surface area contributed by atoms with Gasteiger partial charge in [-0.05, 0) is 24.8 Å². The number of nitriles is 1. The minimum atomic E-state index is -0.0469. The van der Waals surface area contributed by atoms with Crippen LogP contribution in [0, 0.1) is 11.3 Å². The van der Waals surface area contributed by atoms with E-state index in [9.17, 15) is 10.1 Å². The predicted molar refractivity (Wildman–Crippen MR) is 100 cm³/mol. The van der Waals surface area contributed by atoms with Crippen LogP contribution in [0.25, 0.3) is 0 Å². The Morgan fingerprint density at radius 2 is 2.12 bits per heavy atom. The fourth-order valence-corrected chi connectivity index (χ4v) is 4.83. The molecule has 4 rings (SSSR count). The average molecular weight is 368 g/mol. The summed E-state index contributed by atoms with van der Waals surface area (Å²) in [6.07, 6.45) is 8.21.